The Morgan fingerprint density at radius 3 is 2.48 bits per heavy atom. The highest BCUT2D eigenvalue weighted by molar-refractivity contribution is 5.43. The molecular formula is C16H18F2N2O. The summed E-state index contributed by atoms with van der Waals surface area (Å²) in [6.07, 6.45) is 0. The topological polar surface area (TPSA) is 34.2 Å². The van der Waals surface area contributed by atoms with Gasteiger partial charge in [0, 0.05) is 13.1 Å². The van der Waals surface area contributed by atoms with Crippen LogP contribution in [0.2, 0.25) is 0 Å². The van der Waals surface area contributed by atoms with Crippen LogP contribution in [0.3, 0.4) is 0 Å². The van der Waals surface area contributed by atoms with E-state index in [0.29, 0.717) is 11.7 Å². The third-order valence-electron chi connectivity index (χ3n) is 3.22. The number of rotatable bonds is 4. The molecule has 2 rings (SSSR count). The Morgan fingerprint density at radius 1 is 1.14 bits per heavy atom. The third kappa shape index (κ3) is 3.29. The van der Waals surface area contributed by atoms with E-state index in [1.165, 1.54) is 7.05 Å². The molecule has 0 unspecified atom stereocenters. The molecule has 1 aromatic carbocycles. The highest BCUT2D eigenvalue weighted by atomic mass is 19.1. The fourth-order valence-electron chi connectivity index (χ4n) is 1.89. The maximum Gasteiger partial charge on any atom is 0.258 e. The van der Waals surface area contributed by atoms with Crippen LogP contribution in [-0.4, -0.2) is 12.0 Å². The highest BCUT2D eigenvalue weighted by Gasteiger charge is 2.14. The molecular weight excluding hydrogens is 274 g/mol. The lowest BCUT2D eigenvalue weighted by atomic mass is 10.0. The zero-order valence-corrected chi connectivity index (χ0v) is 12.5. The van der Waals surface area contributed by atoms with Gasteiger partial charge in [0.05, 0.1) is 0 Å². The molecule has 3 nitrogen and oxygen atoms in total. The molecule has 21 heavy (non-hydrogen) atoms. The Morgan fingerprint density at radius 2 is 1.86 bits per heavy atom. The summed E-state index contributed by atoms with van der Waals surface area (Å²) in [4.78, 5) is 3.82. The van der Waals surface area contributed by atoms with Gasteiger partial charge in [0.25, 0.3) is 5.88 Å². The standard InChI is InChI=1S/C16H18F2N2O/c1-9(2)11-6-5-10(3)14(7-11)21-16-13(18)8-12(17)15(19-4)20-16/h5-9H,1-4H3,(H,19,20). The lowest BCUT2D eigenvalue weighted by Gasteiger charge is -2.13. The highest BCUT2D eigenvalue weighted by Crippen LogP contribution is 2.30. The van der Waals surface area contributed by atoms with Crippen molar-refractivity contribution in [3.05, 3.63) is 47.0 Å². The van der Waals surface area contributed by atoms with Gasteiger partial charge in [-0.15, -0.1) is 0 Å². The summed E-state index contributed by atoms with van der Waals surface area (Å²) in [5.74, 6) is -1.04. The van der Waals surface area contributed by atoms with Crippen molar-refractivity contribution < 1.29 is 13.5 Å². The van der Waals surface area contributed by atoms with Crippen molar-refractivity contribution in [3.63, 3.8) is 0 Å². The van der Waals surface area contributed by atoms with E-state index < -0.39 is 11.6 Å². The molecule has 0 fully saturated rings. The van der Waals surface area contributed by atoms with Crippen molar-refractivity contribution in [2.75, 3.05) is 12.4 Å². The number of hydrogen-bond acceptors (Lipinski definition) is 3. The summed E-state index contributed by atoms with van der Waals surface area (Å²) in [5.41, 5.74) is 1.93. The summed E-state index contributed by atoms with van der Waals surface area (Å²) in [6.45, 7) is 5.98. The largest absolute Gasteiger partial charge is 0.436 e. The van der Waals surface area contributed by atoms with Crippen LogP contribution in [0.15, 0.2) is 24.3 Å². The van der Waals surface area contributed by atoms with E-state index in [4.69, 9.17) is 4.74 Å². The van der Waals surface area contributed by atoms with E-state index >= 15 is 0 Å². The first-order chi connectivity index (χ1) is 9.92. The van der Waals surface area contributed by atoms with E-state index in [1.807, 2.05) is 25.1 Å². The maximum atomic E-state index is 13.8. The van der Waals surface area contributed by atoms with Gasteiger partial charge in [0.15, 0.2) is 17.5 Å². The molecule has 112 valence electrons. The zero-order chi connectivity index (χ0) is 15.6. The number of anilines is 1. The summed E-state index contributed by atoms with van der Waals surface area (Å²) < 4.78 is 32.7. The molecule has 0 aliphatic heterocycles. The van der Waals surface area contributed by atoms with Crippen LogP contribution < -0.4 is 10.1 Å². The predicted molar refractivity (Wildman–Crippen MR) is 79.0 cm³/mol. The first-order valence-electron chi connectivity index (χ1n) is 6.74. The van der Waals surface area contributed by atoms with Crippen molar-refractivity contribution >= 4 is 5.82 Å². The van der Waals surface area contributed by atoms with E-state index in [0.717, 1.165) is 17.2 Å². The lowest BCUT2D eigenvalue weighted by Crippen LogP contribution is -2.02. The normalized spacial score (nSPS) is 10.8. The second-order valence-corrected chi connectivity index (χ2v) is 5.14. The molecule has 0 spiro atoms. The molecule has 1 aromatic heterocycles. The number of benzene rings is 1. The van der Waals surface area contributed by atoms with Gasteiger partial charge in [-0.3, -0.25) is 0 Å². The van der Waals surface area contributed by atoms with Gasteiger partial charge < -0.3 is 10.1 Å². The van der Waals surface area contributed by atoms with Crippen molar-refractivity contribution in [1.29, 1.82) is 0 Å². The number of aromatic nitrogens is 1. The molecule has 1 N–H and O–H groups in total. The van der Waals surface area contributed by atoms with E-state index in [1.54, 1.807) is 0 Å². The van der Waals surface area contributed by atoms with Crippen LogP contribution >= 0.6 is 0 Å². The SMILES string of the molecule is CNc1nc(Oc2cc(C(C)C)ccc2C)c(F)cc1F. The van der Waals surface area contributed by atoms with Gasteiger partial charge in [-0.25, -0.2) is 8.78 Å². The molecule has 0 atom stereocenters. The summed E-state index contributed by atoms with van der Waals surface area (Å²) >= 11 is 0. The van der Waals surface area contributed by atoms with E-state index in [2.05, 4.69) is 24.1 Å². The van der Waals surface area contributed by atoms with Gasteiger partial charge >= 0.3 is 0 Å². The Labute approximate surface area is 123 Å². The number of hydrogen-bond donors (Lipinski definition) is 1. The minimum atomic E-state index is -0.833. The fourth-order valence-corrected chi connectivity index (χ4v) is 1.89. The van der Waals surface area contributed by atoms with Crippen LogP contribution in [-0.2, 0) is 0 Å². The molecule has 0 radical (unpaired) electrons. The first kappa shape index (κ1) is 15.2. The summed E-state index contributed by atoms with van der Waals surface area (Å²) in [7, 11) is 1.51. The second-order valence-electron chi connectivity index (χ2n) is 5.14. The average Bonchev–Trinajstić information content (AvgIpc) is 2.43. The Kier molecular flexibility index (Phi) is 4.40. The number of nitrogens with zero attached hydrogens (tertiary/aromatic N) is 1. The summed E-state index contributed by atoms with van der Waals surface area (Å²) in [6, 6.07) is 6.52. The third-order valence-corrected chi connectivity index (χ3v) is 3.22. The Balaban J connectivity index is 2.40. The monoisotopic (exact) mass is 292 g/mol. The maximum absolute atomic E-state index is 13.8. The van der Waals surface area contributed by atoms with Gasteiger partial charge in [0.1, 0.15) is 5.75 Å². The quantitative estimate of drug-likeness (QED) is 0.892. The van der Waals surface area contributed by atoms with Crippen LogP contribution in [0.25, 0.3) is 0 Å². The molecule has 0 aliphatic carbocycles. The minimum Gasteiger partial charge on any atom is -0.436 e. The van der Waals surface area contributed by atoms with Crippen LogP contribution in [0.4, 0.5) is 14.6 Å². The van der Waals surface area contributed by atoms with E-state index in [9.17, 15) is 8.78 Å². The number of halogens is 2. The van der Waals surface area contributed by atoms with E-state index in [-0.39, 0.29) is 11.7 Å². The van der Waals surface area contributed by atoms with Gasteiger partial charge in [-0.05, 0) is 30.0 Å². The van der Waals surface area contributed by atoms with Crippen molar-refractivity contribution in [1.82, 2.24) is 4.98 Å². The van der Waals surface area contributed by atoms with Crippen molar-refractivity contribution in [2.45, 2.75) is 26.7 Å². The van der Waals surface area contributed by atoms with Gasteiger partial charge in [-0.1, -0.05) is 26.0 Å². The molecule has 0 bridgehead atoms. The molecule has 1 heterocycles. The van der Waals surface area contributed by atoms with Gasteiger partial charge in [0.2, 0.25) is 0 Å². The molecule has 5 heteroatoms. The number of aryl methyl sites for hydroxylation is 1. The fraction of sp³-hybridized carbons (Fsp3) is 0.312. The van der Waals surface area contributed by atoms with Crippen LogP contribution in [0.1, 0.15) is 30.9 Å². The molecule has 0 amide bonds. The van der Waals surface area contributed by atoms with Crippen LogP contribution in [0, 0.1) is 18.6 Å². The molecule has 0 saturated carbocycles. The minimum absolute atomic E-state index is 0.0518. The predicted octanol–water partition coefficient (Wildman–Crippen LogP) is 4.63. The van der Waals surface area contributed by atoms with Gasteiger partial charge in [-0.2, -0.15) is 4.98 Å². The number of ether oxygens (including phenoxy) is 1. The average molecular weight is 292 g/mol. The lowest BCUT2D eigenvalue weighted by molar-refractivity contribution is 0.415. The molecule has 0 saturated heterocycles. The zero-order valence-electron chi connectivity index (χ0n) is 12.5. The van der Waals surface area contributed by atoms with Crippen molar-refractivity contribution in [2.24, 2.45) is 0 Å². The summed E-state index contributed by atoms with van der Waals surface area (Å²) in [5, 5.41) is 2.56. The molecule has 0 aliphatic rings. The molecule has 2 aromatic rings. The second kappa shape index (κ2) is 6.08. The first-order valence-corrected chi connectivity index (χ1v) is 6.74. The Bertz CT molecular complexity index is 657. The van der Waals surface area contributed by atoms with Crippen molar-refractivity contribution in [3.8, 4) is 11.6 Å². The smallest absolute Gasteiger partial charge is 0.258 e. The van der Waals surface area contributed by atoms with Crippen LogP contribution in [0.5, 0.6) is 11.6 Å². The number of pyridine rings is 1. The number of nitrogens with one attached hydrogen (secondary N) is 1. The Hall–Kier alpha value is -2.17.